The Morgan fingerprint density at radius 2 is 1.81 bits per heavy atom. The number of benzene rings is 2. The Hall–Kier alpha value is -2.99. The molecular formula is C21H24N4O2. The lowest BCUT2D eigenvalue weighted by atomic mass is 10.1. The van der Waals surface area contributed by atoms with Crippen molar-refractivity contribution in [2.75, 3.05) is 27.2 Å². The van der Waals surface area contributed by atoms with Crippen LogP contribution in [-0.2, 0) is 11.3 Å². The van der Waals surface area contributed by atoms with Crippen LogP contribution in [0, 0.1) is 0 Å². The van der Waals surface area contributed by atoms with Gasteiger partial charge in [0.15, 0.2) is 0 Å². The molecule has 1 aliphatic rings. The summed E-state index contributed by atoms with van der Waals surface area (Å²) < 4.78 is 0. The average Bonchev–Trinajstić information content (AvgIpc) is 3.19. The second-order valence-electron chi connectivity index (χ2n) is 6.63. The van der Waals surface area contributed by atoms with Crippen molar-refractivity contribution in [2.24, 2.45) is 5.10 Å². The predicted octanol–water partition coefficient (Wildman–Crippen LogP) is 2.11. The molecule has 140 valence electrons. The van der Waals surface area contributed by atoms with Crippen molar-refractivity contribution in [3.63, 3.8) is 0 Å². The quantitative estimate of drug-likeness (QED) is 0.854. The van der Waals surface area contributed by atoms with E-state index >= 15 is 0 Å². The van der Waals surface area contributed by atoms with Crippen molar-refractivity contribution < 1.29 is 9.59 Å². The summed E-state index contributed by atoms with van der Waals surface area (Å²) in [5.41, 5.74) is 3.70. The summed E-state index contributed by atoms with van der Waals surface area (Å²) in [6, 6.07) is 17.4. The van der Waals surface area contributed by atoms with Crippen LogP contribution >= 0.6 is 0 Å². The smallest absolute Gasteiger partial charge is 0.256 e. The molecule has 6 nitrogen and oxygen atoms in total. The Kier molecular flexibility index (Phi) is 5.98. The lowest BCUT2D eigenvalue weighted by Gasteiger charge is -2.19. The molecule has 0 unspecified atom stereocenters. The van der Waals surface area contributed by atoms with Crippen LogP contribution in [-0.4, -0.2) is 54.6 Å². The molecule has 3 rings (SSSR count). The van der Waals surface area contributed by atoms with E-state index < -0.39 is 0 Å². The van der Waals surface area contributed by atoms with Crippen molar-refractivity contribution in [2.45, 2.75) is 13.0 Å². The third-order valence-corrected chi connectivity index (χ3v) is 4.50. The first kappa shape index (κ1) is 18.8. The van der Waals surface area contributed by atoms with Gasteiger partial charge in [0.2, 0.25) is 0 Å². The number of hydrazone groups is 1. The van der Waals surface area contributed by atoms with E-state index in [2.05, 4.69) is 10.4 Å². The molecule has 2 amide bonds. The summed E-state index contributed by atoms with van der Waals surface area (Å²) in [6.07, 6.45) is 0.778. The Labute approximate surface area is 159 Å². The summed E-state index contributed by atoms with van der Waals surface area (Å²) in [5, 5.41) is 8.65. The highest BCUT2D eigenvalue weighted by Gasteiger charge is 2.22. The molecule has 1 aliphatic heterocycles. The minimum Gasteiger partial charge on any atom is -0.355 e. The van der Waals surface area contributed by atoms with Gasteiger partial charge in [-0.05, 0) is 30.3 Å². The molecule has 0 spiro atoms. The normalized spacial score (nSPS) is 13.6. The van der Waals surface area contributed by atoms with Crippen LogP contribution in [0.2, 0.25) is 0 Å². The van der Waals surface area contributed by atoms with E-state index in [0.717, 1.165) is 23.3 Å². The van der Waals surface area contributed by atoms with Gasteiger partial charge in [-0.3, -0.25) is 14.5 Å². The number of rotatable bonds is 6. The van der Waals surface area contributed by atoms with Gasteiger partial charge in [-0.15, -0.1) is 0 Å². The van der Waals surface area contributed by atoms with Crippen molar-refractivity contribution in [1.82, 2.24) is 15.2 Å². The molecule has 0 aromatic heterocycles. The minimum absolute atomic E-state index is 0.00888. The van der Waals surface area contributed by atoms with Gasteiger partial charge in [0, 0.05) is 25.6 Å². The molecule has 2 aromatic carbocycles. The van der Waals surface area contributed by atoms with Crippen LogP contribution in [0.3, 0.4) is 0 Å². The molecule has 6 heteroatoms. The molecule has 0 bridgehead atoms. The van der Waals surface area contributed by atoms with Gasteiger partial charge in [-0.25, -0.2) is 5.01 Å². The number of carbonyl (C=O) groups is 2. The Morgan fingerprint density at radius 1 is 1.11 bits per heavy atom. The lowest BCUT2D eigenvalue weighted by molar-refractivity contribution is -0.131. The van der Waals surface area contributed by atoms with Gasteiger partial charge in [0.05, 0.1) is 18.8 Å². The van der Waals surface area contributed by atoms with Crippen LogP contribution < -0.4 is 5.32 Å². The Balaban J connectivity index is 1.55. The van der Waals surface area contributed by atoms with Crippen LogP contribution in [0.5, 0.6) is 0 Å². The first-order chi connectivity index (χ1) is 13.1. The van der Waals surface area contributed by atoms with Gasteiger partial charge in [-0.2, -0.15) is 5.10 Å². The summed E-state index contributed by atoms with van der Waals surface area (Å²) in [4.78, 5) is 26.1. The van der Waals surface area contributed by atoms with Crippen molar-refractivity contribution in [1.29, 1.82) is 0 Å². The largest absolute Gasteiger partial charge is 0.355 e. The molecule has 0 saturated heterocycles. The molecule has 0 radical (unpaired) electrons. The topological polar surface area (TPSA) is 65.0 Å². The van der Waals surface area contributed by atoms with E-state index in [1.165, 1.54) is 0 Å². The van der Waals surface area contributed by atoms with E-state index in [9.17, 15) is 9.59 Å². The van der Waals surface area contributed by atoms with Crippen LogP contribution in [0.25, 0.3) is 0 Å². The predicted molar refractivity (Wildman–Crippen MR) is 105 cm³/mol. The highest BCUT2D eigenvalue weighted by molar-refractivity contribution is 6.02. The molecule has 0 fully saturated rings. The molecule has 2 aromatic rings. The maximum atomic E-state index is 12.5. The van der Waals surface area contributed by atoms with Crippen molar-refractivity contribution >= 4 is 17.5 Å². The first-order valence-corrected chi connectivity index (χ1v) is 8.99. The fourth-order valence-corrected chi connectivity index (χ4v) is 3.06. The van der Waals surface area contributed by atoms with Crippen molar-refractivity contribution in [3.05, 3.63) is 71.3 Å². The zero-order valence-electron chi connectivity index (χ0n) is 15.7. The number of carbonyl (C=O) groups excluding carboxylic acids is 2. The van der Waals surface area contributed by atoms with Gasteiger partial charge in [0.1, 0.15) is 0 Å². The number of hydrogen-bond donors (Lipinski definition) is 1. The maximum absolute atomic E-state index is 12.5. The summed E-state index contributed by atoms with van der Waals surface area (Å²) in [5.74, 6) is -0.114. The minimum atomic E-state index is -0.105. The molecule has 0 atom stereocenters. The van der Waals surface area contributed by atoms with E-state index in [0.29, 0.717) is 25.2 Å². The fraction of sp³-hybridized carbons (Fsp3) is 0.286. The van der Waals surface area contributed by atoms with Crippen LogP contribution in [0.15, 0.2) is 59.7 Å². The summed E-state index contributed by atoms with van der Waals surface area (Å²) in [7, 11) is 3.52. The van der Waals surface area contributed by atoms with E-state index in [1.807, 2.05) is 54.4 Å². The first-order valence-electron chi connectivity index (χ1n) is 8.99. The number of likely N-dealkylation sites (N-methyl/N-ethyl adjacent to an activating group) is 1. The molecular weight excluding hydrogens is 340 g/mol. The molecule has 1 N–H and O–H groups in total. The SMILES string of the molecule is CNC(=O)c1ccc(CN(C)CC(=O)N2CCC(c3ccccc3)=N2)cc1. The molecule has 0 aliphatic carbocycles. The Bertz CT molecular complexity index is 831. The van der Waals surface area contributed by atoms with E-state index in [-0.39, 0.29) is 11.8 Å². The average molecular weight is 364 g/mol. The molecule has 1 heterocycles. The number of amides is 2. The standard InChI is InChI=1S/C21H24N4O2/c1-22-21(27)18-10-8-16(9-11-18)14-24(2)15-20(26)25-13-12-19(23-25)17-6-4-3-5-7-17/h3-11H,12-15H2,1-2H3,(H,22,27). The monoisotopic (exact) mass is 364 g/mol. The van der Waals surface area contributed by atoms with E-state index in [1.54, 1.807) is 24.2 Å². The zero-order chi connectivity index (χ0) is 19.2. The maximum Gasteiger partial charge on any atom is 0.256 e. The van der Waals surface area contributed by atoms with Gasteiger partial charge < -0.3 is 5.32 Å². The second-order valence-corrected chi connectivity index (χ2v) is 6.63. The van der Waals surface area contributed by atoms with Gasteiger partial charge >= 0.3 is 0 Å². The lowest BCUT2D eigenvalue weighted by Crippen LogP contribution is -2.34. The highest BCUT2D eigenvalue weighted by Crippen LogP contribution is 2.14. The summed E-state index contributed by atoms with van der Waals surface area (Å²) in [6.45, 7) is 1.54. The Morgan fingerprint density at radius 3 is 2.48 bits per heavy atom. The van der Waals surface area contributed by atoms with Crippen LogP contribution in [0.1, 0.15) is 27.9 Å². The summed E-state index contributed by atoms with van der Waals surface area (Å²) >= 11 is 0. The highest BCUT2D eigenvalue weighted by atomic mass is 16.2. The van der Waals surface area contributed by atoms with Gasteiger partial charge in [0.25, 0.3) is 11.8 Å². The van der Waals surface area contributed by atoms with Crippen LogP contribution in [0.4, 0.5) is 0 Å². The fourth-order valence-electron chi connectivity index (χ4n) is 3.06. The molecule has 0 saturated carbocycles. The second kappa shape index (κ2) is 8.60. The third-order valence-electron chi connectivity index (χ3n) is 4.50. The molecule has 27 heavy (non-hydrogen) atoms. The number of hydrogen-bond acceptors (Lipinski definition) is 4. The number of nitrogens with zero attached hydrogens (tertiary/aromatic N) is 3. The van der Waals surface area contributed by atoms with Crippen molar-refractivity contribution in [3.8, 4) is 0 Å². The third kappa shape index (κ3) is 4.80. The zero-order valence-corrected chi connectivity index (χ0v) is 15.7. The van der Waals surface area contributed by atoms with Gasteiger partial charge in [-0.1, -0.05) is 42.5 Å². The van der Waals surface area contributed by atoms with E-state index in [4.69, 9.17) is 0 Å². The number of nitrogens with one attached hydrogen (secondary N) is 1.